The Balaban J connectivity index is 1.36. The highest BCUT2D eigenvalue weighted by atomic mass is 31.2. The molecule has 2 aliphatic rings. The number of nitrogens with one attached hydrogen (secondary N) is 1. The maximum atomic E-state index is 13.4. The summed E-state index contributed by atoms with van der Waals surface area (Å²) in [5.41, 5.74) is -0.415. The molecule has 44 heavy (non-hydrogen) atoms. The second-order valence-corrected chi connectivity index (χ2v) is 14.7. The van der Waals surface area contributed by atoms with Crippen molar-refractivity contribution in [3.8, 4) is 0 Å². The molecule has 2 heterocycles. The molecule has 3 rings (SSSR count). The summed E-state index contributed by atoms with van der Waals surface area (Å²) in [6.07, 6.45) is 17.8. The number of esters is 1. The first kappa shape index (κ1) is 37.2. The van der Waals surface area contributed by atoms with Gasteiger partial charge in [-0.15, -0.1) is 0 Å². The molecule has 0 bridgehead atoms. The first-order chi connectivity index (χ1) is 21.1. The molecule has 0 spiro atoms. The van der Waals surface area contributed by atoms with Gasteiger partial charge >= 0.3 is 13.8 Å². The van der Waals surface area contributed by atoms with E-state index in [1.165, 1.54) is 84.0 Å². The van der Waals surface area contributed by atoms with Crippen molar-refractivity contribution in [3.63, 3.8) is 0 Å². The molecule has 2 aliphatic heterocycles. The van der Waals surface area contributed by atoms with Crippen LogP contribution in [0.5, 0.6) is 0 Å². The van der Waals surface area contributed by atoms with Gasteiger partial charge in [0.05, 0.1) is 19.3 Å². The Bertz CT molecular complexity index is 1030. The maximum Gasteiger partial charge on any atom is 0.477 e. The highest BCUT2D eigenvalue weighted by Crippen LogP contribution is 2.59. The number of carbonyl (C=O) groups is 1. The fraction of sp³-hybridized carbons (Fsp3) is 0.800. The third-order valence-electron chi connectivity index (χ3n) is 10.1. The van der Waals surface area contributed by atoms with Gasteiger partial charge in [-0.2, -0.15) is 0 Å². The van der Waals surface area contributed by atoms with Crippen LogP contribution in [-0.4, -0.2) is 48.4 Å². The molecule has 2 fully saturated rings. The van der Waals surface area contributed by atoms with Gasteiger partial charge in [-0.1, -0.05) is 116 Å². The number of phosphoric acid groups is 1. The molecule has 0 radical (unpaired) electrons. The van der Waals surface area contributed by atoms with Crippen LogP contribution in [0, 0.1) is 5.92 Å². The minimum absolute atomic E-state index is 0.292. The summed E-state index contributed by atoms with van der Waals surface area (Å²) in [6, 6.07) is 9.64. The van der Waals surface area contributed by atoms with E-state index in [-0.39, 0.29) is 12.1 Å². The third kappa shape index (κ3) is 10.1. The number of fused-ring (bicyclic) bond motifs is 1. The molecule has 0 aliphatic carbocycles. The lowest BCUT2D eigenvalue weighted by atomic mass is 9.85. The molecule has 7 atom stereocenters. The molecule has 1 aromatic carbocycles. The van der Waals surface area contributed by atoms with Crippen molar-refractivity contribution in [2.75, 3.05) is 19.8 Å². The third-order valence-corrected chi connectivity index (χ3v) is 11.1. The number of quaternary nitrogens is 1. The SMILES string of the molecule is CCCCCCCCCCCCCCCCOC(C)C(COP(=O)(O)OC1(c2ccccc2)[NH+]2CCC(C)C21C)OC(C)=O. The Hall–Kier alpha value is -1.28. The normalized spacial score (nSPS) is 27.0. The molecule has 8 nitrogen and oxygen atoms in total. The quantitative estimate of drug-likeness (QED) is 0.0524. The summed E-state index contributed by atoms with van der Waals surface area (Å²) in [5.74, 6) is -0.177. The molecule has 2 N–H and O–H groups in total. The van der Waals surface area contributed by atoms with E-state index in [1.807, 2.05) is 30.3 Å². The Morgan fingerprint density at radius 3 is 2.02 bits per heavy atom. The number of benzene rings is 1. The monoisotopic (exact) mass is 638 g/mol. The van der Waals surface area contributed by atoms with Crippen molar-refractivity contribution in [2.24, 2.45) is 5.92 Å². The second-order valence-electron chi connectivity index (χ2n) is 13.3. The Morgan fingerprint density at radius 2 is 1.52 bits per heavy atom. The number of unbranched alkanes of at least 4 members (excludes halogenated alkanes) is 13. The summed E-state index contributed by atoms with van der Waals surface area (Å²) < 4.78 is 36.3. The van der Waals surface area contributed by atoms with Crippen molar-refractivity contribution in [1.82, 2.24) is 0 Å². The smallest absolute Gasteiger partial charge is 0.457 e. The molecule has 1 aromatic rings. The van der Waals surface area contributed by atoms with Crippen LogP contribution in [0.2, 0.25) is 0 Å². The Labute approximate surface area is 267 Å². The fourth-order valence-electron chi connectivity index (χ4n) is 7.20. The van der Waals surface area contributed by atoms with E-state index in [1.54, 1.807) is 6.92 Å². The summed E-state index contributed by atoms with van der Waals surface area (Å²) in [4.78, 5) is 23.9. The van der Waals surface area contributed by atoms with Crippen LogP contribution in [0.15, 0.2) is 30.3 Å². The Morgan fingerprint density at radius 1 is 0.977 bits per heavy atom. The van der Waals surface area contributed by atoms with Gasteiger partial charge in [-0.3, -0.25) is 14.2 Å². The van der Waals surface area contributed by atoms with Crippen LogP contribution >= 0.6 is 7.82 Å². The zero-order valence-corrected chi connectivity index (χ0v) is 29.1. The standard InChI is InChI=1S/C35H60NO7P/c1-6-7-8-9-10-11-12-13-14-15-16-17-18-22-27-40-30(3)33(42-31(4)37)28-41-44(38,39)43-35(32-23-20-19-21-24-32)34(5)29(2)25-26-36(34)35/h19-21,23-24,29-30,33H,6-18,22,25-28H2,1-5H3,(H,38,39)/p+1. The summed E-state index contributed by atoms with van der Waals surface area (Å²) in [6.45, 7) is 10.8. The summed E-state index contributed by atoms with van der Waals surface area (Å²) in [5, 5.41) is 0. The number of phosphoric ester groups is 1. The van der Waals surface area contributed by atoms with E-state index < -0.39 is 31.7 Å². The van der Waals surface area contributed by atoms with Crippen molar-refractivity contribution < 1.29 is 37.7 Å². The van der Waals surface area contributed by atoms with Crippen LogP contribution in [0.3, 0.4) is 0 Å². The van der Waals surface area contributed by atoms with Gasteiger partial charge in [0, 0.05) is 38.4 Å². The van der Waals surface area contributed by atoms with Gasteiger partial charge in [-0.25, -0.2) is 9.09 Å². The first-order valence-electron chi connectivity index (χ1n) is 17.5. The molecular formula is C35H61NO7P+. The zero-order chi connectivity index (χ0) is 32.1. The van der Waals surface area contributed by atoms with Crippen LogP contribution in [0.1, 0.15) is 136 Å². The van der Waals surface area contributed by atoms with E-state index in [0.717, 1.165) is 36.3 Å². The van der Waals surface area contributed by atoms with Gasteiger partial charge < -0.3 is 14.4 Å². The molecule has 0 amide bonds. The number of hydrogen-bond donors (Lipinski definition) is 2. The maximum absolute atomic E-state index is 13.4. The fourth-order valence-corrected chi connectivity index (χ4v) is 8.34. The topological polar surface area (TPSA) is 95.7 Å². The molecule has 9 heteroatoms. The molecule has 7 unspecified atom stereocenters. The first-order valence-corrected chi connectivity index (χ1v) is 19.0. The van der Waals surface area contributed by atoms with E-state index in [2.05, 4.69) is 20.8 Å². The van der Waals surface area contributed by atoms with E-state index in [9.17, 15) is 14.3 Å². The van der Waals surface area contributed by atoms with Crippen molar-refractivity contribution in [2.45, 2.75) is 154 Å². The molecule has 0 saturated carbocycles. The summed E-state index contributed by atoms with van der Waals surface area (Å²) >= 11 is 0. The van der Waals surface area contributed by atoms with Crippen molar-refractivity contribution in [1.29, 1.82) is 0 Å². The van der Waals surface area contributed by atoms with Gasteiger partial charge in [0.2, 0.25) is 0 Å². The van der Waals surface area contributed by atoms with Crippen molar-refractivity contribution in [3.05, 3.63) is 35.9 Å². The number of carbonyl (C=O) groups excluding carboxylic acids is 1. The lowest BCUT2D eigenvalue weighted by molar-refractivity contribution is -0.828. The average molecular weight is 639 g/mol. The number of rotatable bonds is 24. The van der Waals surface area contributed by atoms with Gasteiger partial charge in [0.1, 0.15) is 0 Å². The predicted octanol–water partition coefficient (Wildman–Crippen LogP) is 7.49. The van der Waals surface area contributed by atoms with Crippen LogP contribution in [0.4, 0.5) is 0 Å². The second kappa shape index (κ2) is 18.2. The average Bonchev–Trinajstić information content (AvgIpc) is 3.35. The van der Waals surface area contributed by atoms with E-state index in [4.69, 9.17) is 18.5 Å². The minimum Gasteiger partial charge on any atom is -0.457 e. The van der Waals surface area contributed by atoms with Crippen LogP contribution in [0.25, 0.3) is 0 Å². The number of ether oxygens (including phenoxy) is 2. The summed E-state index contributed by atoms with van der Waals surface area (Å²) in [7, 11) is -4.51. The highest BCUT2D eigenvalue weighted by molar-refractivity contribution is 7.47. The Kier molecular flexibility index (Phi) is 15.3. The van der Waals surface area contributed by atoms with Gasteiger partial charge in [0.25, 0.3) is 5.72 Å². The number of piperidine rings is 1. The van der Waals surface area contributed by atoms with Crippen LogP contribution < -0.4 is 4.90 Å². The lowest BCUT2D eigenvalue weighted by Crippen LogP contribution is -2.98. The van der Waals surface area contributed by atoms with Gasteiger partial charge in [-0.05, 0) is 25.5 Å². The lowest BCUT2D eigenvalue weighted by Gasteiger charge is -2.26. The van der Waals surface area contributed by atoms with E-state index in [0.29, 0.717) is 12.5 Å². The molecule has 252 valence electrons. The van der Waals surface area contributed by atoms with Crippen LogP contribution in [-0.2, 0) is 33.6 Å². The highest BCUT2D eigenvalue weighted by Gasteiger charge is 2.87. The van der Waals surface area contributed by atoms with Gasteiger partial charge in [0.15, 0.2) is 11.6 Å². The molecule has 0 aromatic heterocycles. The zero-order valence-electron chi connectivity index (χ0n) is 28.2. The molecular weight excluding hydrogens is 577 g/mol. The minimum atomic E-state index is -4.51. The van der Waals surface area contributed by atoms with Crippen molar-refractivity contribution >= 4 is 13.8 Å². The predicted molar refractivity (Wildman–Crippen MR) is 174 cm³/mol. The largest absolute Gasteiger partial charge is 0.477 e. The number of hydrogen-bond acceptors (Lipinski definition) is 6. The van der Waals surface area contributed by atoms with E-state index >= 15 is 0 Å². The molecule has 2 saturated heterocycles.